The summed E-state index contributed by atoms with van der Waals surface area (Å²) in [6.07, 6.45) is 0. The number of tetrazole rings is 1. The summed E-state index contributed by atoms with van der Waals surface area (Å²) in [6.45, 7) is -1.57. The van der Waals surface area contributed by atoms with Crippen LogP contribution in [0.15, 0.2) is 0 Å². The summed E-state index contributed by atoms with van der Waals surface area (Å²) in [7, 11) is 1.24. The predicted octanol–water partition coefficient (Wildman–Crippen LogP) is -2.91. The Labute approximate surface area is 120 Å². The molecule has 1 heterocycles. The first kappa shape index (κ1) is 17.0. The van der Waals surface area contributed by atoms with Crippen LogP contribution in [0.1, 0.15) is 0 Å². The zero-order valence-corrected chi connectivity index (χ0v) is 11.1. The van der Waals surface area contributed by atoms with Gasteiger partial charge in [-0.25, -0.2) is 10.1 Å². The maximum absolute atomic E-state index is 10.8. The van der Waals surface area contributed by atoms with Crippen LogP contribution in [0, 0.1) is 30.3 Å². The second-order valence-corrected chi connectivity index (χ2v) is 3.87. The van der Waals surface area contributed by atoms with Crippen LogP contribution in [0.25, 0.3) is 0 Å². The topological polar surface area (TPSA) is 209 Å². The van der Waals surface area contributed by atoms with Crippen molar-refractivity contribution in [3.8, 4) is 0 Å². The second-order valence-electron chi connectivity index (χ2n) is 3.87. The van der Waals surface area contributed by atoms with Gasteiger partial charge in [-0.15, -0.1) is 0 Å². The highest BCUT2D eigenvalue weighted by Gasteiger charge is 2.70. The molecule has 0 fully saturated rings. The van der Waals surface area contributed by atoms with Crippen LogP contribution in [0.3, 0.4) is 0 Å². The molecule has 1 aromatic rings. The third kappa shape index (κ3) is 3.01. The molecule has 0 aliphatic carbocycles. The van der Waals surface area contributed by atoms with E-state index in [9.17, 15) is 30.3 Å². The molecule has 0 atom stereocenters. The molecule has 0 amide bonds. The van der Waals surface area contributed by atoms with Crippen molar-refractivity contribution in [2.24, 2.45) is 0 Å². The number of nitro groups is 3. The number of rotatable bonds is 9. The fourth-order valence-corrected chi connectivity index (χ4v) is 1.37. The van der Waals surface area contributed by atoms with E-state index in [-0.39, 0.29) is 19.1 Å². The molecule has 0 saturated carbocycles. The Hall–Kier alpha value is -3.01. The first-order valence-corrected chi connectivity index (χ1v) is 5.55. The monoisotopic (exact) mass is 321 g/mol. The van der Waals surface area contributed by atoms with E-state index in [2.05, 4.69) is 21.0 Å². The van der Waals surface area contributed by atoms with E-state index in [1.165, 1.54) is 7.05 Å². The zero-order valence-electron chi connectivity index (χ0n) is 11.1. The molecule has 0 aliphatic heterocycles. The van der Waals surface area contributed by atoms with E-state index in [1.807, 2.05) is 0 Å². The Bertz CT molecular complexity index is 537. The molecule has 1 aromatic heterocycles. The maximum atomic E-state index is 10.8. The molecule has 0 unspecified atom stereocenters. The van der Waals surface area contributed by atoms with Gasteiger partial charge in [-0.05, 0) is 10.4 Å². The molecule has 2 N–H and O–H groups in total. The van der Waals surface area contributed by atoms with Gasteiger partial charge in [0, 0.05) is 7.05 Å². The maximum Gasteiger partial charge on any atom is 0.714 e. The van der Waals surface area contributed by atoms with Crippen molar-refractivity contribution in [2.45, 2.75) is 12.3 Å². The first-order chi connectivity index (χ1) is 10.3. The molecule has 0 radical (unpaired) electrons. The quantitative estimate of drug-likeness (QED) is 0.266. The van der Waals surface area contributed by atoms with E-state index >= 15 is 0 Å². The highest BCUT2D eigenvalue weighted by atomic mass is 16.7. The van der Waals surface area contributed by atoms with Crippen LogP contribution in [-0.4, -0.2) is 66.1 Å². The lowest BCUT2D eigenvalue weighted by Gasteiger charge is -2.18. The summed E-state index contributed by atoms with van der Waals surface area (Å²) >= 11 is 0. The summed E-state index contributed by atoms with van der Waals surface area (Å²) in [5.41, 5.74) is 2.13. The van der Waals surface area contributed by atoms with Gasteiger partial charge in [-0.3, -0.25) is 35.4 Å². The molecule has 122 valence electrons. The van der Waals surface area contributed by atoms with Gasteiger partial charge in [-0.2, -0.15) is 0 Å². The molecule has 0 aromatic carbocycles. The van der Waals surface area contributed by atoms with Gasteiger partial charge in [0.2, 0.25) is 6.54 Å². The molecule has 1 rings (SSSR count). The third-order valence-electron chi connectivity index (χ3n) is 2.56. The molecular formula is C6H11N9O7. The SMILES string of the molecule is CN(NCC([N+](=O)[O-])([N+](=O)[O-])[N+](=O)[O-])c1nnnn1CCO. The van der Waals surface area contributed by atoms with Crippen molar-refractivity contribution >= 4 is 5.95 Å². The van der Waals surface area contributed by atoms with Crippen LogP contribution < -0.4 is 10.4 Å². The third-order valence-corrected chi connectivity index (χ3v) is 2.56. The van der Waals surface area contributed by atoms with Crippen LogP contribution in [0.5, 0.6) is 0 Å². The van der Waals surface area contributed by atoms with Crippen molar-refractivity contribution in [3.63, 3.8) is 0 Å². The lowest BCUT2D eigenvalue weighted by atomic mass is 10.4. The van der Waals surface area contributed by atoms with Gasteiger partial charge in [0.05, 0.1) is 13.2 Å². The second kappa shape index (κ2) is 6.63. The van der Waals surface area contributed by atoms with Crippen molar-refractivity contribution in [1.29, 1.82) is 0 Å². The van der Waals surface area contributed by atoms with E-state index in [0.717, 1.165) is 9.69 Å². The van der Waals surface area contributed by atoms with E-state index in [4.69, 9.17) is 5.11 Å². The molecule has 0 saturated heterocycles. The summed E-state index contributed by atoms with van der Waals surface area (Å²) in [5, 5.41) is 52.3. The molecule has 0 spiro atoms. The molecule has 16 nitrogen and oxygen atoms in total. The number of hydrogen-bond acceptors (Lipinski definition) is 12. The van der Waals surface area contributed by atoms with Gasteiger partial charge in [0.15, 0.2) is 14.8 Å². The van der Waals surface area contributed by atoms with E-state index in [1.54, 1.807) is 0 Å². The molecule has 16 heteroatoms. The van der Waals surface area contributed by atoms with Crippen LogP contribution in [0.2, 0.25) is 0 Å². The number of nitrogens with one attached hydrogen (secondary N) is 1. The predicted molar refractivity (Wildman–Crippen MR) is 65.0 cm³/mol. The van der Waals surface area contributed by atoms with Gasteiger partial charge >= 0.3 is 5.79 Å². The van der Waals surface area contributed by atoms with Crippen LogP contribution in [-0.2, 0) is 6.54 Å². The summed E-state index contributed by atoms with van der Waals surface area (Å²) < 4.78 is 1.08. The lowest BCUT2D eigenvalue weighted by molar-refractivity contribution is -0.966. The molecule has 0 aliphatic rings. The Morgan fingerprint density at radius 1 is 1.27 bits per heavy atom. The Balaban J connectivity index is 2.93. The number of hydrazine groups is 1. The van der Waals surface area contributed by atoms with Gasteiger partial charge in [0.25, 0.3) is 5.95 Å². The van der Waals surface area contributed by atoms with Crippen molar-refractivity contribution in [2.75, 3.05) is 25.2 Å². The van der Waals surface area contributed by atoms with Gasteiger partial charge in [-0.1, -0.05) is 5.10 Å². The van der Waals surface area contributed by atoms with Gasteiger partial charge < -0.3 is 5.11 Å². The van der Waals surface area contributed by atoms with Gasteiger partial charge in [0.1, 0.15) is 0 Å². The number of aliphatic hydroxyl groups is 1. The Morgan fingerprint density at radius 2 is 1.82 bits per heavy atom. The minimum absolute atomic E-state index is 0.0147. The first-order valence-electron chi connectivity index (χ1n) is 5.55. The average molecular weight is 321 g/mol. The minimum atomic E-state index is -3.65. The Morgan fingerprint density at radius 3 is 2.27 bits per heavy atom. The smallest absolute Gasteiger partial charge is 0.394 e. The van der Waals surface area contributed by atoms with E-state index < -0.39 is 27.1 Å². The van der Waals surface area contributed by atoms with Crippen LogP contribution in [0.4, 0.5) is 5.95 Å². The standard InChI is InChI=1S/C6H11N9O7/c1-11(5-8-9-10-12(5)2-3-16)7-4-6(13(17)18,14(19)20)15(21)22/h7,16H,2-4H2,1H3. The number of anilines is 1. The average Bonchev–Trinajstić information content (AvgIpc) is 2.86. The fourth-order valence-electron chi connectivity index (χ4n) is 1.37. The number of aromatic nitrogens is 4. The van der Waals surface area contributed by atoms with Crippen molar-refractivity contribution < 1.29 is 19.9 Å². The number of nitrogens with zero attached hydrogens (tertiary/aromatic N) is 8. The largest absolute Gasteiger partial charge is 0.714 e. The highest BCUT2D eigenvalue weighted by molar-refractivity contribution is 5.23. The normalized spacial score (nSPS) is 11.2. The molecule has 0 bridgehead atoms. The molecule has 22 heavy (non-hydrogen) atoms. The van der Waals surface area contributed by atoms with Crippen molar-refractivity contribution in [3.05, 3.63) is 30.3 Å². The fraction of sp³-hybridized carbons (Fsp3) is 0.833. The Kier molecular flexibility index (Phi) is 5.13. The summed E-state index contributed by atoms with van der Waals surface area (Å²) in [4.78, 5) is 27.5. The number of hydrogen-bond donors (Lipinski definition) is 2. The number of aliphatic hydroxyl groups excluding tert-OH is 1. The van der Waals surface area contributed by atoms with E-state index in [0.29, 0.717) is 0 Å². The van der Waals surface area contributed by atoms with Crippen molar-refractivity contribution in [1.82, 2.24) is 25.6 Å². The molecular weight excluding hydrogens is 310 g/mol. The minimum Gasteiger partial charge on any atom is -0.394 e. The van der Waals surface area contributed by atoms with Crippen LogP contribution >= 0.6 is 0 Å². The summed E-state index contributed by atoms with van der Waals surface area (Å²) in [6, 6.07) is 0. The summed E-state index contributed by atoms with van der Waals surface area (Å²) in [5.74, 6) is -3.71. The zero-order chi connectivity index (χ0) is 16.9. The highest BCUT2D eigenvalue weighted by Crippen LogP contribution is 2.12. The lowest BCUT2D eigenvalue weighted by Crippen LogP contribution is -2.61.